The lowest BCUT2D eigenvalue weighted by Crippen LogP contribution is -2.05. The molecule has 0 saturated heterocycles. The first kappa shape index (κ1) is 12.0. The highest BCUT2D eigenvalue weighted by Gasteiger charge is 2.11. The molecule has 19 heavy (non-hydrogen) atoms. The van der Waals surface area contributed by atoms with Crippen LogP contribution in [0.5, 0.6) is 0 Å². The molecule has 0 bridgehead atoms. The average molecular weight is 270 g/mol. The molecule has 0 amide bonds. The molecule has 0 aliphatic rings. The van der Waals surface area contributed by atoms with Crippen molar-refractivity contribution < 1.29 is 0 Å². The maximum absolute atomic E-state index is 5.76. The van der Waals surface area contributed by atoms with Crippen molar-refractivity contribution in [3.8, 4) is 0 Å². The molecule has 4 nitrogen and oxygen atoms in total. The van der Waals surface area contributed by atoms with Crippen LogP contribution in [0.15, 0.2) is 24.3 Å². The number of benzene rings is 1. The van der Waals surface area contributed by atoms with Gasteiger partial charge in [0.25, 0.3) is 0 Å². The highest BCUT2D eigenvalue weighted by atomic mass is 32.1. The number of aromatic nitrogens is 3. The normalized spacial score (nSPS) is 11.1. The van der Waals surface area contributed by atoms with Crippen LogP contribution in [0.2, 0.25) is 0 Å². The molecule has 1 aromatic carbocycles. The predicted octanol–water partition coefficient (Wildman–Crippen LogP) is 2.88. The number of para-hydroxylation sites is 1. The molecule has 0 saturated carbocycles. The van der Waals surface area contributed by atoms with Crippen molar-refractivity contribution in [1.82, 2.24) is 15.2 Å². The van der Waals surface area contributed by atoms with Crippen molar-refractivity contribution >= 4 is 27.4 Å². The summed E-state index contributed by atoms with van der Waals surface area (Å²) < 4.78 is 1.20. The number of hydrogen-bond donors (Lipinski definition) is 1. The minimum absolute atomic E-state index is 0.505. The Labute approximate surface area is 115 Å². The van der Waals surface area contributed by atoms with Crippen LogP contribution in [-0.2, 0) is 6.42 Å². The van der Waals surface area contributed by atoms with E-state index in [2.05, 4.69) is 21.2 Å². The van der Waals surface area contributed by atoms with E-state index in [4.69, 9.17) is 5.73 Å². The van der Waals surface area contributed by atoms with Crippen molar-refractivity contribution in [2.24, 2.45) is 0 Å². The molecule has 0 aliphatic carbocycles. The summed E-state index contributed by atoms with van der Waals surface area (Å²) in [7, 11) is 0. The van der Waals surface area contributed by atoms with Crippen LogP contribution in [0.25, 0.3) is 10.2 Å². The Morgan fingerprint density at radius 1 is 1.11 bits per heavy atom. The van der Waals surface area contributed by atoms with Crippen molar-refractivity contribution in [3.05, 3.63) is 46.1 Å². The predicted molar refractivity (Wildman–Crippen MR) is 78.3 cm³/mol. The van der Waals surface area contributed by atoms with E-state index in [0.29, 0.717) is 12.2 Å². The summed E-state index contributed by atoms with van der Waals surface area (Å²) in [5.74, 6) is 0.505. The molecule has 0 fully saturated rings. The Morgan fingerprint density at radius 2 is 1.89 bits per heavy atom. The number of thiazole rings is 1. The van der Waals surface area contributed by atoms with Crippen LogP contribution < -0.4 is 5.73 Å². The molecule has 96 valence electrons. The van der Waals surface area contributed by atoms with Gasteiger partial charge in [0.05, 0.1) is 20.9 Å². The Bertz CT molecular complexity index is 715. The van der Waals surface area contributed by atoms with Gasteiger partial charge in [-0.05, 0) is 37.1 Å². The zero-order chi connectivity index (χ0) is 13.4. The topological polar surface area (TPSA) is 64.7 Å². The minimum Gasteiger partial charge on any atom is -0.382 e. The highest BCUT2D eigenvalue weighted by molar-refractivity contribution is 7.18. The van der Waals surface area contributed by atoms with E-state index in [-0.39, 0.29) is 0 Å². The number of fused-ring (bicyclic) bond motifs is 1. The minimum atomic E-state index is 0.505. The van der Waals surface area contributed by atoms with Crippen molar-refractivity contribution in [2.45, 2.75) is 20.3 Å². The van der Waals surface area contributed by atoms with Gasteiger partial charge in [-0.2, -0.15) is 5.10 Å². The van der Waals surface area contributed by atoms with Gasteiger partial charge in [-0.1, -0.05) is 12.1 Å². The average Bonchev–Trinajstić information content (AvgIpc) is 2.82. The van der Waals surface area contributed by atoms with Crippen LogP contribution in [0.1, 0.15) is 21.8 Å². The quantitative estimate of drug-likeness (QED) is 0.777. The number of anilines is 1. The second kappa shape index (κ2) is 4.59. The summed E-state index contributed by atoms with van der Waals surface area (Å²) in [4.78, 5) is 4.62. The van der Waals surface area contributed by atoms with Gasteiger partial charge < -0.3 is 5.73 Å². The lowest BCUT2D eigenvalue weighted by molar-refractivity contribution is 0.910. The van der Waals surface area contributed by atoms with E-state index >= 15 is 0 Å². The van der Waals surface area contributed by atoms with E-state index in [0.717, 1.165) is 27.3 Å². The standard InChI is InChI=1S/C14H14N4S/c1-8-9(2)14(15)18-17-11(8)7-13-16-10-5-3-4-6-12(10)19-13/h3-6H,7H2,1-2H3,(H2,15,18). The van der Waals surface area contributed by atoms with Crippen LogP contribution in [0, 0.1) is 13.8 Å². The zero-order valence-corrected chi connectivity index (χ0v) is 11.7. The monoisotopic (exact) mass is 270 g/mol. The third kappa shape index (κ3) is 2.17. The first-order chi connectivity index (χ1) is 9.15. The third-order valence-electron chi connectivity index (χ3n) is 3.31. The van der Waals surface area contributed by atoms with Gasteiger partial charge in [-0.3, -0.25) is 0 Å². The molecule has 0 unspecified atom stereocenters. The van der Waals surface area contributed by atoms with E-state index in [1.807, 2.05) is 32.0 Å². The number of nitrogen functional groups attached to an aromatic ring is 1. The van der Waals surface area contributed by atoms with Gasteiger partial charge >= 0.3 is 0 Å². The molecule has 0 aliphatic heterocycles. The molecule has 3 aromatic rings. The fourth-order valence-corrected chi connectivity index (χ4v) is 2.95. The van der Waals surface area contributed by atoms with Gasteiger partial charge in [-0.25, -0.2) is 4.98 Å². The zero-order valence-electron chi connectivity index (χ0n) is 10.8. The molecule has 3 rings (SSSR count). The van der Waals surface area contributed by atoms with Crippen LogP contribution in [0.3, 0.4) is 0 Å². The maximum Gasteiger partial charge on any atom is 0.149 e. The highest BCUT2D eigenvalue weighted by Crippen LogP contribution is 2.24. The van der Waals surface area contributed by atoms with Crippen molar-refractivity contribution in [3.63, 3.8) is 0 Å². The second-order valence-electron chi connectivity index (χ2n) is 4.53. The number of nitrogens with two attached hydrogens (primary N) is 1. The second-order valence-corrected chi connectivity index (χ2v) is 5.65. The van der Waals surface area contributed by atoms with E-state index in [1.165, 1.54) is 4.70 Å². The number of nitrogens with zero attached hydrogens (tertiary/aromatic N) is 3. The fourth-order valence-electron chi connectivity index (χ4n) is 1.98. The molecule has 0 atom stereocenters. The van der Waals surface area contributed by atoms with Gasteiger partial charge in [0.1, 0.15) is 5.82 Å². The lowest BCUT2D eigenvalue weighted by Gasteiger charge is -2.06. The first-order valence-electron chi connectivity index (χ1n) is 6.08. The Hall–Kier alpha value is -2.01. The van der Waals surface area contributed by atoms with Gasteiger partial charge in [0, 0.05) is 6.42 Å². The molecule has 5 heteroatoms. The van der Waals surface area contributed by atoms with Gasteiger partial charge in [0.2, 0.25) is 0 Å². The summed E-state index contributed by atoms with van der Waals surface area (Å²) in [6.07, 6.45) is 0.708. The molecule has 2 N–H and O–H groups in total. The third-order valence-corrected chi connectivity index (χ3v) is 4.35. The number of rotatable bonds is 2. The smallest absolute Gasteiger partial charge is 0.149 e. The SMILES string of the molecule is Cc1c(N)nnc(Cc2nc3ccccc3s2)c1C. The summed E-state index contributed by atoms with van der Waals surface area (Å²) in [5, 5.41) is 9.25. The Morgan fingerprint density at radius 3 is 2.68 bits per heavy atom. The van der Waals surface area contributed by atoms with Crippen LogP contribution in [0.4, 0.5) is 5.82 Å². The Kier molecular flexibility index (Phi) is 2.91. The van der Waals surface area contributed by atoms with Crippen molar-refractivity contribution in [1.29, 1.82) is 0 Å². The maximum atomic E-state index is 5.76. The van der Waals surface area contributed by atoms with E-state index in [9.17, 15) is 0 Å². The molecule has 2 heterocycles. The molecule has 2 aromatic heterocycles. The lowest BCUT2D eigenvalue weighted by atomic mass is 10.1. The van der Waals surface area contributed by atoms with E-state index in [1.54, 1.807) is 11.3 Å². The van der Waals surface area contributed by atoms with Crippen LogP contribution >= 0.6 is 11.3 Å². The first-order valence-corrected chi connectivity index (χ1v) is 6.89. The van der Waals surface area contributed by atoms with Crippen LogP contribution in [-0.4, -0.2) is 15.2 Å². The summed E-state index contributed by atoms with van der Waals surface area (Å²) in [6.45, 7) is 4.00. The molecular weight excluding hydrogens is 256 g/mol. The van der Waals surface area contributed by atoms with Gasteiger partial charge in [-0.15, -0.1) is 16.4 Å². The summed E-state index contributed by atoms with van der Waals surface area (Å²) in [6, 6.07) is 8.15. The summed E-state index contributed by atoms with van der Waals surface area (Å²) in [5.41, 5.74) is 9.86. The summed E-state index contributed by atoms with van der Waals surface area (Å²) >= 11 is 1.70. The van der Waals surface area contributed by atoms with E-state index < -0.39 is 0 Å². The molecule has 0 spiro atoms. The number of hydrogen-bond acceptors (Lipinski definition) is 5. The largest absolute Gasteiger partial charge is 0.382 e. The molecule has 0 radical (unpaired) electrons. The Balaban J connectivity index is 1.99. The van der Waals surface area contributed by atoms with Gasteiger partial charge in [0.15, 0.2) is 0 Å². The fraction of sp³-hybridized carbons (Fsp3) is 0.214. The molecular formula is C14H14N4S. The van der Waals surface area contributed by atoms with Crippen molar-refractivity contribution in [2.75, 3.05) is 5.73 Å².